The highest BCUT2D eigenvalue weighted by Gasteiger charge is 2.25. The summed E-state index contributed by atoms with van der Waals surface area (Å²) in [6, 6.07) is 0. The van der Waals surface area contributed by atoms with Gasteiger partial charge in [0.2, 0.25) is 0 Å². The number of carboxylic acids is 1. The highest BCUT2D eigenvalue weighted by Crippen LogP contribution is 2.17. The Balaban J connectivity index is 4.10. The fourth-order valence-corrected chi connectivity index (χ4v) is 10.7. The lowest BCUT2D eigenvalue weighted by atomic mass is 10.0. The Labute approximate surface area is 609 Å². The molecule has 0 amide bonds. The van der Waals surface area contributed by atoms with Gasteiger partial charge in [-0.25, -0.2) is 4.79 Å². The minimum atomic E-state index is -1.52. The number of ether oxygens (including phenoxy) is 4. The number of nitrogens with zero attached hydrogens (tertiary/aromatic N) is 1. The number of hydrogen-bond donors (Lipinski definition) is 1. The smallest absolute Gasteiger partial charge is 0.361 e. The van der Waals surface area contributed by atoms with Crippen LogP contribution in [0.2, 0.25) is 0 Å². The Bertz CT molecular complexity index is 2290. The molecule has 0 aliphatic rings. The molecule has 0 bridgehead atoms. The molecule has 0 radical (unpaired) electrons. The SMILES string of the molecule is CC/C=C\C/C=C\C/C=C\C/C=C\C/C=C\C/C=C\C/C=C\C/C=C\C/C=C\CCCCCCCCCCCCCC(=O)OC(COC(=O)CCCCCCCCCCCCCCCCCC/C=C\C/C=C\C/C=C\C/C=C\C/C=C\C/C=C\CC)COC(OCC[N+](C)(C)C)C(=O)O. The molecule has 560 valence electrons. The van der Waals surface area contributed by atoms with Crippen LogP contribution in [-0.2, 0) is 33.3 Å². The lowest BCUT2D eigenvalue weighted by molar-refractivity contribution is -0.870. The van der Waals surface area contributed by atoms with E-state index in [4.69, 9.17) is 18.9 Å². The van der Waals surface area contributed by atoms with E-state index in [9.17, 15) is 19.5 Å². The lowest BCUT2D eigenvalue weighted by Crippen LogP contribution is -2.40. The molecule has 0 saturated heterocycles. The van der Waals surface area contributed by atoms with Crippen LogP contribution in [0.25, 0.3) is 0 Å². The molecular formula is C90H148NO8+. The molecular weight excluding hydrogens is 1220 g/mol. The molecule has 0 saturated carbocycles. The van der Waals surface area contributed by atoms with Crippen molar-refractivity contribution < 1.29 is 42.9 Å². The number of allylic oxidation sites excluding steroid dienone is 30. The highest BCUT2D eigenvalue weighted by molar-refractivity contribution is 5.71. The summed E-state index contributed by atoms with van der Waals surface area (Å²) >= 11 is 0. The van der Waals surface area contributed by atoms with Crippen molar-refractivity contribution in [2.45, 2.75) is 322 Å². The number of carbonyl (C=O) groups excluding carboxylic acids is 2. The summed E-state index contributed by atoms with van der Waals surface area (Å²) in [6.45, 7) is 4.65. The zero-order chi connectivity index (χ0) is 71.8. The summed E-state index contributed by atoms with van der Waals surface area (Å²) < 4.78 is 23.0. The third-order valence-corrected chi connectivity index (χ3v) is 16.7. The van der Waals surface area contributed by atoms with Crippen molar-refractivity contribution in [2.24, 2.45) is 0 Å². The number of unbranched alkanes of at least 4 members (excludes halogenated alkanes) is 27. The molecule has 2 atom stereocenters. The van der Waals surface area contributed by atoms with Crippen LogP contribution in [0.5, 0.6) is 0 Å². The third-order valence-electron chi connectivity index (χ3n) is 16.7. The largest absolute Gasteiger partial charge is 0.477 e. The summed E-state index contributed by atoms with van der Waals surface area (Å²) in [6.07, 6.45) is 116. The van der Waals surface area contributed by atoms with E-state index in [-0.39, 0.29) is 32.2 Å². The molecule has 0 aromatic carbocycles. The first-order valence-corrected chi connectivity index (χ1v) is 39.9. The van der Waals surface area contributed by atoms with E-state index >= 15 is 0 Å². The maximum atomic E-state index is 13.0. The number of carbonyl (C=O) groups is 3. The van der Waals surface area contributed by atoms with Crippen LogP contribution in [-0.4, -0.2) is 87.4 Å². The molecule has 9 nitrogen and oxygen atoms in total. The van der Waals surface area contributed by atoms with Crippen molar-refractivity contribution in [3.63, 3.8) is 0 Å². The van der Waals surface area contributed by atoms with E-state index in [2.05, 4.69) is 196 Å². The van der Waals surface area contributed by atoms with Gasteiger partial charge in [0, 0.05) is 12.8 Å². The van der Waals surface area contributed by atoms with Crippen LogP contribution in [0.15, 0.2) is 182 Å². The summed E-state index contributed by atoms with van der Waals surface area (Å²) in [5, 5.41) is 9.78. The maximum absolute atomic E-state index is 13.0. The fourth-order valence-electron chi connectivity index (χ4n) is 10.7. The van der Waals surface area contributed by atoms with Gasteiger partial charge in [-0.3, -0.25) is 9.59 Å². The Morgan fingerprint density at radius 1 is 0.303 bits per heavy atom. The highest BCUT2D eigenvalue weighted by atomic mass is 16.7. The van der Waals surface area contributed by atoms with Crippen LogP contribution in [0, 0.1) is 0 Å². The average molecular weight is 1370 g/mol. The monoisotopic (exact) mass is 1370 g/mol. The van der Waals surface area contributed by atoms with Gasteiger partial charge in [0.05, 0.1) is 34.4 Å². The van der Waals surface area contributed by atoms with E-state index in [0.29, 0.717) is 23.9 Å². The molecule has 0 aromatic rings. The number of likely N-dealkylation sites (N-methyl/N-ethyl adjacent to an activating group) is 1. The van der Waals surface area contributed by atoms with E-state index in [1.807, 2.05) is 21.1 Å². The van der Waals surface area contributed by atoms with E-state index in [1.165, 1.54) is 135 Å². The van der Waals surface area contributed by atoms with Crippen molar-refractivity contribution >= 4 is 17.9 Å². The van der Waals surface area contributed by atoms with Gasteiger partial charge < -0.3 is 28.5 Å². The van der Waals surface area contributed by atoms with Gasteiger partial charge in [-0.05, 0) is 135 Å². The van der Waals surface area contributed by atoms with Gasteiger partial charge in [0.25, 0.3) is 6.29 Å². The molecule has 99 heavy (non-hydrogen) atoms. The minimum absolute atomic E-state index is 0.180. The standard InChI is InChI=1S/C90H147NO8/c1-6-8-10-12-14-16-18-20-22-24-26-28-30-32-34-36-38-40-42-43-44-45-47-49-51-53-55-57-59-61-63-65-67-69-71-73-75-77-79-81-88(93)99-86(85-98-90(89(94)95)96-83-82-91(3,4)5)84-97-87(92)80-78-76-74-72-70-68-66-64-62-60-58-56-54-52-50-48-46-41-39-37-35-33-31-29-27-25-23-21-19-17-15-13-11-9-7-2/h8-11,14-17,20-23,26-29,32-35,38-41,43-44,47,49,53,55,86,90H,6-7,12-13,18-19,24-25,30-31,36-37,42,45-46,48,50-52,54,56-85H2,1-5H3/p+1/b10-8-,11-9-,16-14-,17-15-,22-20-,23-21-,28-26-,29-27-,34-32-,35-33-,40-38-,41-39-,44-43-,49-47-,55-53-. The second-order valence-corrected chi connectivity index (χ2v) is 27.3. The van der Waals surface area contributed by atoms with Crippen molar-refractivity contribution in [3.05, 3.63) is 182 Å². The minimum Gasteiger partial charge on any atom is -0.477 e. The average Bonchev–Trinajstić information content (AvgIpc) is 1.14. The van der Waals surface area contributed by atoms with Gasteiger partial charge in [0.1, 0.15) is 13.2 Å². The van der Waals surface area contributed by atoms with Crippen LogP contribution in [0.1, 0.15) is 309 Å². The van der Waals surface area contributed by atoms with E-state index in [0.717, 1.165) is 141 Å². The van der Waals surface area contributed by atoms with E-state index in [1.54, 1.807) is 0 Å². The normalized spacial score (nSPS) is 13.7. The van der Waals surface area contributed by atoms with Crippen molar-refractivity contribution in [1.82, 2.24) is 0 Å². The molecule has 0 fully saturated rings. The summed E-state index contributed by atoms with van der Waals surface area (Å²) in [7, 11) is 5.98. The van der Waals surface area contributed by atoms with E-state index < -0.39 is 24.3 Å². The number of hydrogen-bond acceptors (Lipinski definition) is 7. The second kappa shape index (κ2) is 78.1. The Kier molecular flexibility index (Phi) is 73.7. The molecule has 0 aliphatic heterocycles. The number of esters is 2. The van der Waals surface area contributed by atoms with Gasteiger partial charge in [-0.2, -0.15) is 0 Å². The molecule has 0 rings (SSSR count). The van der Waals surface area contributed by atoms with Gasteiger partial charge in [-0.15, -0.1) is 0 Å². The Hall–Kier alpha value is -5.61. The summed E-state index contributed by atoms with van der Waals surface area (Å²) in [5.74, 6) is -2.01. The van der Waals surface area contributed by atoms with Gasteiger partial charge in [0.15, 0.2) is 6.10 Å². The zero-order valence-corrected chi connectivity index (χ0v) is 64.1. The molecule has 0 heterocycles. The van der Waals surface area contributed by atoms with Gasteiger partial charge in [-0.1, -0.05) is 344 Å². The Morgan fingerprint density at radius 2 is 0.545 bits per heavy atom. The quantitative estimate of drug-likeness (QED) is 0.0211. The topological polar surface area (TPSA) is 108 Å². The van der Waals surface area contributed by atoms with Crippen molar-refractivity contribution in [3.8, 4) is 0 Å². The third kappa shape index (κ3) is 79.6. The molecule has 0 aliphatic carbocycles. The van der Waals surface area contributed by atoms with Crippen molar-refractivity contribution in [1.29, 1.82) is 0 Å². The number of quaternary nitrogens is 1. The fraction of sp³-hybridized carbons (Fsp3) is 0.633. The Morgan fingerprint density at radius 3 is 0.808 bits per heavy atom. The lowest BCUT2D eigenvalue weighted by Gasteiger charge is -2.25. The molecule has 1 N–H and O–H groups in total. The van der Waals surface area contributed by atoms with Crippen LogP contribution in [0.4, 0.5) is 0 Å². The molecule has 9 heteroatoms. The van der Waals surface area contributed by atoms with Crippen LogP contribution < -0.4 is 0 Å². The summed E-state index contributed by atoms with van der Waals surface area (Å²) in [5.41, 5.74) is 0. The zero-order valence-electron chi connectivity index (χ0n) is 64.1. The number of aliphatic carboxylic acids is 1. The molecule has 0 spiro atoms. The molecule has 2 unspecified atom stereocenters. The predicted molar refractivity (Wildman–Crippen MR) is 428 cm³/mol. The summed E-state index contributed by atoms with van der Waals surface area (Å²) in [4.78, 5) is 37.8. The first kappa shape index (κ1) is 93.4. The first-order chi connectivity index (χ1) is 48.6. The van der Waals surface area contributed by atoms with Gasteiger partial charge >= 0.3 is 17.9 Å². The van der Waals surface area contributed by atoms with Crippen LogP contribution >= 0.6 is 0 Å². The first-order valence-electron chi connectivity index (χ1n) is 39.9. The molecule has 0 aromatic heterocycles. The van der Waals surface area contributed by atoms with Crippen molar-refractivity contribution in [2.75, 3.05) is 47.5 Å². The second-order valence-electron chi connectivity index (χ2n) is 27.3. The van der Waals surface area contributed by atoms with Crippen LogP contribution in [0.3, 0.4) is 0 Å². The maximum Gasteiger partial charge on any atom is 0.361 e. The predicted octanol–water partition coefficient (Wildman–Crippen LogP) is 25.9. The number of rotatable bonds is 72. The number of carboxylic acid groups (broad SMARTS) is 1.